The van der Waals surface area contributed by atoms with Crippen LogP contribution < -0.4 is 0 Å². The molecule has 1 nitrogen and oxygen atoms in total. The highest BCUT2D eigenvalue weighted by Gasteiger charge is 1.98. The summed E-state index contributed by atoms with van der Waals surface area (Å²) in [5.74, 6) is 1.15. The van der Waals surface area contributed by atoms with E-state index in [-0.39, 0.29) is 6.61 Å². The molecule has 0 spiro atoms. The summed E-state index contributed by atoms with van der Waals surface area (Å²) in [6.07, 6.45) is 2.48. The lowest BCUT2D eigenvalue weighted by Gasteiger charge is -2.03. The lowest BCUT2D eigenvalue weighted by atomic mass is 10.4. The van der Waals surface area contributed by atoms with Gasteiger partial charge in [0.15, 0.2) is 0 Å². The summed E-state index contributed by atoms with van der Waals surface area (Å²) in [7, 11) is 0. The second kappa shape index (κ2) is 6.43. The molecule has 1 unspecified atom stereocenters. The van der Waals surface area contributed by atoms with Crippen LogP contribution in [0.1, 0.15) is 26.7 Å². The maximum Gasteiger partial charge on any atom is 0.0938 e. The molecule has 0 bridgehead atoms. The van der Waals surface area contributed by atoms with Crippen LogP contribution in [0.2, 0.25) is 0 Å². The van der Waals surface area contributed by atoms with Crippen molar-refractivity contribution in [2.75, 3.05) is 12.4 Å². The summed E-state index contributed by atoms with van der Waals surface area (Å²) in [6.45, 7) is 4.23. The van der Waals surface area contributed by atoms with Crippen LogP contribution in [0.3, 0.4) is 0 Å². The standard InChI is InChI=1S/C7H15OS/c1-3-4-5-9-7(2)6-8/h7H,3-6H2,1-2H3. The molecular formula is C7H15OS. The summed E-state index contributed by atoms with van der Waals surface area (Å²) in [4.78, 5) is 0. The van der Waals surface area contributed by atoms with Gasteiger partial charge >= 0.3 is 0 Å². The summed E-state index contributed by atoms with van der Waals surface area (Å²) in [5, 5.41) is 10.5. The molecule has 0 amide bonds. The fraction of sp³-hybridized carbons (Fsp3) is 1.00. The van der Waals surface area contributed by atoms with Crippen molar-refractivity contribution in [1.29, 1.82) is 0 Å². The Kier molecular flexibility index (Phi) is 6.65. The number of rotatable bonds is 5. The Labute approximate surface area is 61.8 Å². The summed E-state index contributed by atoms with van der Waals surface area (Å²) >= 11 is 1.79. The summed E-state index contributed by atoms with van der Waals surface area (Å²) in [5.41, 5.74) is 0. The predicted octanol–water partition coefficient (Wildman–Crippen LogP) is 2.34. The number of hydrogen-bond acceptors (Lipinski definition) is 1. The van der Waals surface area contributed by atoms with E-state index in [1.54, 1.807) is 11.8 Å². The topological polar surface area (TPSA) is 19.9 Å². The quantitative estimate of drug-likeness (QED) is 0.546. The molecular weight excluding hydrogens is 132 g/mol. The van der Waals surface area contributed by atoms with Crippen molar-refractivity contribution in [3.8, 4) is 0 Å². The molecule has 0 fully saturated rings. The smallest absolute Gasteiger partial charge is 0.0938 e. The van der Waals surface area contributed by atoms with Crippen molar-refractivity contribution in [3.63, 3.8) is 0 Å². The Morgan fingerprint density at radius 2 is 2.22 bits per heavy atom. The zero-order valence-corrected chi connectivity index (χ0v) is 7.04. The monoisotopic (exact) mass is 147 g/mol. The van der Waals surface area contributed by atoms with Crippen LogP contribution in [-0.4, -0.2) is 17.6 Å². The number of hydrogen-bond donors (Lipinski definition) is 0. The van der Waals surface area contributed by atoms with Crippen molar-refractivity contribution >= 4 is 11.8 Å². The maximum atomic E-state index is 10.2. The average molecular weight is 147 g/mol. The first kappa shape index (κ1) is 9.31. The summed E-state index contributed by atoms with van der Waals surface area (Å²) in [6, 6.07) is 0. The van der Waals surface area contributed by atoms with Crippen molar-refractivity contribution in [1.82, 2.24) is 0 Å². The zero-order valence-electron chi connectivity index (χ0n) is 6.22. The molecule has 55 valence electrons. The minimum absolute atomic E-state index is 0.0639. The Hall–Kier alpha value is 0.310. The van der Waals surface area contributed by atoms with E-state index >= 15 is 0 Å². The van der Waals surface area contributed by atoms with Gasteiger partial charge in [0.25, 0.3) is 0 Å². The summed E-state index contributed by atoms with van der Waals surface area (Å²) < 4.78 is 0. The van der Waals surface area contributed by atoms with Crippen molar-refractivity contribution in [2.24, 2.45) is 0 Å². The molecule has 0 aromatic heterocycles. The molecule has 0 N–H and O–H groups in total. The molecule has 0 aromatic carbocycles. The van der Waals surface area contributed by atoms with Crippen molar-refractivity contribution in [2.45, 2.75) is 31.9 Å². The van der Waals surface area contributed by atoms with Gasteiger partial charge in [-0.15, -0.1) is 0 Å². The van der Waals surface area contributed by atoms with Gasteiger partial charge in [-0.25, -0.2) is 5.11 Å². The largest absolute Gasteiger partial charge is 0.236 e. The molecule has 1 atom stereocenters. The molecule has 0 aliphatic rings. The van der Waals surface area contributed by atoms with Gasteiger partial charge < -0.3 is 0 Å². The average Bonchev–Trinajstić information content (AvgIpc) is 1.89. The van der Waals surface area contributed by atoms with Gasteiger partial charge in [-0.3, -0.25) is 0 Å². The van der Waals surface area contributed by atoms with Gasteiger partial charge in [0.1, 0.15) is 0 Å². The van der Waals surface area contributed by atoms with Crippen molar-refractivity contribution < 1.29 is 5.11 Å². The highest BCUT2D eigenvalue weighted by molar-refractivity contribution is 7.99. The Morgan fingerprint density at radius 3 is 2.67 bits per heavy atom. The van der Waals surface area contributed by atoms with Gasteiger partial charge in [0.05, 0.1) is 6.61 Å². The van der Waals surface area contributed by atoms with Crippen LogP contribution in [-0.2, 0) is 5.11 Å². The van der Waals surface area contributed by atoms with Gasteiger partial charge in [0, 0.05) is 5.25 Å². The molecule has 1 radical (unpaired) electrons. The van der Waals surface area contributed by atoms with Crippen molar-refractivity contribution in [3.05, 3.63) is 0 Å². The van der Waals surface area contributed by atoms with E-state index in [0.717, 1.165) is 5.75 Å². The van der Waals surface area contributed by atoms with Crippen LogP contribution in [0, 0.1) is 0 Å². The first-order valence-corrected chi connectivity index (χ1v) is 4.55. The van der Waals surface area contributed by atoms with E-state index in [1.807, 2.05) is 6.92 Å². The highest BCUT2D eigenvalue weighted by atomic mass is 32.2. The van der Waals surface area contributed by atoms with Gasteiger partial charge in [0.2, 0.25) is 0 Å². The van der Waals surface area contributed by atoms with Crippen LogP contribution in [0.4, 0.5) is 0 Å². The molecule has 9 heavy (non-hydrogen) atoms. The Bertz CT molecular complexity index is 56.9. The van der Waals surface area contributed by atoms with Gasteiger partial charge in [-0.2, -0.15) is 11.8 Å². The van der Waals surface area contributed by atoms with Crippen LogP contribution in [0.25, 0.3) is 0 Å². The van der Waals surface area contributed by atoms with E-state index in [0.29, 0.717) is 5.25 Å². The Balaban J connectivity index is 2.88. The third kappa shape index (κ3) is 6.19. The third-order valence-corrected chi connectivity index (χ3v) is 2.36. The molecule has 0 heterocycles. The van der Waals surface area contributed by atoms with Crippen LogP contribution in [0.5, 0.6) is 0 Å². The lowest BCUT2D eigenvalue weighted by molar-refractivity contribution is 0.198. The maximum absolute atomic E-state index is 10.2. The predicted molar refractivity (Wildman–Crippen MR) is 42.4 cm³/mol. The first-order valence-electron chi connectivity index (χ1n) is 3.51. The number of unbranched alkanes of at least 4 members (excludes halogenated alkanes) is 1. The molecule has 0 aliphatic carbocycles. The van der Waals surface area contributed by atoms with E-state index in [9.17, 15) is 5.11 Å². The van der Waals surface area contributed by atoms with E-state index in [2.05, 4.69) is 6.92 Å². The van der Waals surface area contributed by atoms with E-state index in [1.165, 1.54) is 12.8 Å². The second-order valence-electron chi connectivity index (χ2n) is 2.20. The SMILES string of the molecule is CCCCSC(C)C[O]. The number of thioether (sulfide) groups is 1. The third-order valence-electron chi connectivity index (χ3n) is 1.13. The molecule has 0 rings (SSSR count). The van der Waals surface area contributed by atoms with Crippen LogP contribution >= 0.6 is 11.8 Å². The molecule has 2 heteroatoms. The van der Waals surface area contributed by atoms with Gasteiger partial charge in [-0.05, 0) is 12.2 Å². The second-order valence-corrected chi connectivity index (χ2v) is 3.75. The normalized spacial score (nSPS) is 13.7. The van der Waals surface area contributed by atoms with Crippen LogP contribution in [0.15, 0.2) is 0 Å². The minimum atomic E-state index is 0.0639. The zero-order chi connectivity index (χ0) is 7.11. The fourth-order valence-electron chi connectivity index (χ4n) is 0.477. The molecule has 0 aliphatic heterocycles. The lowest BCUT2D eigenvalue weighted by Crippen LogP contribution is -2.01. The fourth-order valence-corrected chi connectivity index (χ4v) is 1.43. The first-order chi connectivity index (χ1) is 4.31. The van der Waals surface area contributed by atoms with E-state index < -0.39 is 0 Å². The molecule has 0 saturated heterocycles. The molecule has 0 saturated carbocycles. The van der Waals surface area contributed by atoms with Gasteiger partial charge in [-0.1, -0.05) is 20.3 Å². The highest BCUT2D eigenvalue weighted by Crippen LogP contribution is 2.11. The van der Waals surface area contributed by atoms with E-state index in [4.69, 9.17) is 0 Å². The molecule has 0 aromatic rings. The Morgan fingerprint density at radius 1 is 1.56 bits per heavy atom. The minimum Gasteiger partial charge on any atom is -0.236 e.